The first-order valence-electron chi connectivity index (χ1n) is 6.79. The van der Waals surface area contributed by atoms with Crippen LogP contribution in [0.2, 0.25) is 0 Å². The molecule has 0 atom stereocenters. The molecular formula is C14H23N5. The van der Waals surface area contributed by atoms with Gasteiger partial charge in [-0.1, -0.05) is 20.8 Å². The van der Waals surface area contributed by atoms with Crippen LogP contribution in [0.3, 0.4) is 0 Å². The molecule has 5 heteroatoms. The maximum Gasteiger partial charge on any atom is 0.131 e. The molecule has 0 fully saturated rings. The highest BCUT2D eigenvalue weighted by atomic mass is 15.3. The standard InChI is InChI=1S/C14H23N5/c1-6-12-11(8-18(5)17-12)13-14(15)19(7-9(2)3)10(4)16-13/h8-9H,6-7,15H2,1-5H3. The zero-order chi connectivity index (χ0) is 14.2. The van der Waals surface area contributed by atoms with Crippen LogP contribution < -0.4 is 5.73 Å². The number of aryl methyl sites for hydroxylation is 3. The minimum Gasteiger partial charge on any atom is -0.383 e. The second kappa shape index (κ2) is 5.07. The fourth-order valence-corrected chi connectivity index (χ4v) is 2.37. The fraction of sp³-hybridized carbons (Fsp3) is 0.571. The normalized spacial score (nSPS) is 11.5. The van der Waals surface area contributed by atoms with Gasteiger partial charge in [0.1, 0.15) is 17.3 Å². The lowest BCUT2D eigenvalue weighted by atomic mass is 10.1. The van der Waals surface area contributed by atoms with E-state index >= 15 is 0 Å². The average Bonchev–Trinajstić information content (AvgIpc) is 2.83. The first-order chi connectivity index (χ1) is 8.93. The van der Waals surface area contributed by atoms with Crippen molar-refractivity contribution in [2.24, 2.45) is 13.0 Å². The molecule has 2 aromatic rings. The number of anilines is 1. The molecule has 0 aromatic carbocycles. The molecule has 0 aliphatic heterocycles. The van der Waals surface area contributed by atoms with E-state index in [4.69, 9.17) is 5.73 Å². The number of hydrogen-bond donors (Lipinski definition) is 1. The van der Waals surface area contributed by atoms with E-state index in [1.54, 1.807) is 0 Å². The van der Waals surface area contributed by atoms with E-state index in [0.717, 1.165) is 41.6 Å². The van der Waals surface area contributed by atoms with Crippen LogP contribution in [0.25, 0.3) is 11.3 Å². The van der Waals surface area contributed by atoms with Gasteiger partial charge < -0.3 is 10.3 Å². The molecule has 2 rings (SSSR count). The molecule has 0 aliphatic carbocycles. The summed E-state index contributed by atoms with van der Waals surface area (Å²) in [5.74, 6) is 2.25. The van der Waals surface area contributed by atoms with Crippen LogP contribution in [0.1, 0.15) is 32.3 Å². The lowest BCUT2D eigenvalue weighted by Crippen LogP contribution is -2.09. The summed E-state index contributed by atoms with van der Waals surface area (Å²) in [6.07, 6.45) is 2.88. The highest BCUT2D eigenvalue weighted by Crippen LogP contribution is 2.29. The first-order valence-corrected chi connectivity index (χ1v) is 6.79. The molecule has 0 unspecified atom stereocenters. The van der Waals surface area contributed by atoms with Crippen molar-refractivity contribution < 1.29 is 0 Å². The maximum absolute atomic E-state index is 6.28. The third-order valence-electron chi connectivity index (χ3n) is 3.24. The highest BCUT2D eigenvalue weighted by Gasteiger charge is 2.18. The Balaban J connectivity index is 2.51. The van der Waals surface area contributed by atoms with E-state index in [9.17, 15) is 0 Å². The predicted molar refractivity (Wildman–Crippen MR) is 77.8 cm³/mol. The minimum absolute atomic E-state index is 0.544. The van der Waals surface area contributed by atoms with E-state index < -0.39 is 0 Å². The minimum atomic E-state index is 0.544. The number of aromatic nitrogens is 4. The van der Waals surface area contributed by atoms with Gasteiger partial charge in [0.05, 0.1) is 5.69 Å². The molecule has 104 valence electrons. The second-order valence-corrected chi connectivity index (χ2v) is 5.41. The van der Waals surface area contributed by atoms with Gasteiger partial charge in [0.2, 0.25) is 0 Å². The van der Waals surface area contributed by atoms with Crippen molar-refractivity contribution in [1.29, 1.82) is 0 Å². The van der Waals surface area contributed by atoms with Crippen molar-refractivity contribution in [2.45, 2.75) is 40.7 Å². The molecule has 2 N–H and O–H groups in total. The molecule has 2 aromatic heterocycles. The Labute approximate surface area is 114 Å². The third kappa shape index (κ3) is 2.50. The van der Waals surface area contributed by atoms with Crippen LogP contribution in [0.4, 0.5) is 5.82 Å². The van der Waals surface area contributed by atoms with Crippen LogP contribution in [0.5, 0.6) is 0 Å². The van der Waals surface area contributed by atoms with Crippen molar-refractivity contribution >= 4 is 5.82 Å². The Morgan fingerprint density at radius 3 is 2.63 bits per heavy atom. The molecule has 0 aliphatic rings. The third-order valence-corrected chi connectivity index (χ3v) is 3.24. The Hall–Kier alpha value is -1.78. The van der Waals surface area contributed by atoms with Gasteiger partial charge in [0.25, 0.3) is 0 Å². The number of nitrogens with zero attached hydrogens (tertiary/aromatic N) is 4. The molecule has 0 spiro atoms. The molecular weight excluding hydrogens is 238 g/mol. The van der Waals surface area contributed by atoms with E-state index in [2.05, 4.69) is 35.4 Å². The number of nitrogen functional groups attached to an aromatic ring is 1. The van der Waals surface area contributed by atoms with Crippen molar-refractivity contribution in [3.8, 4) is 11.3 Å². The summed E-state index contributed by atoms with van der Waals surface area (Å²) in [5.41, 5.74) is 9.24. The average molecular weight is 261 g/mol. The molecule has 0 saturated carbocycles. The molecule has 2 heterocycles. The van der Waals surface area contributed by atoms with Gasteiger partial charge >= 0.3 is 0 Å². The lowest BCUT2D eigenvalue weighted by molar-refractivity contribution is 0.518. The molecule has 0 saturated heterocycles. The van der Waals surface area contributed by atoms with E-state index in [1.807, 2.05) is 24.9 Å². The number of nitrogens with two attached hydrogens (primary N) is 1. The molecule has 0 radical (unpaired) electrons. The summed E-state index contributed by atoms with van der Waals surface area (Å²) < 4.78 is 3.91. The quantitative estimate of drug-likeness (QED) is 0.919. The van der Waals surface area contributed by atoms with Crippen molar-refractivity contribution in [3.05, 3.63) is 17.7 Å². The summed E-state index contributed by atoms with van der Waals surface area (Å²) in [6.45, 7) is 9.36. The van der Waals surface area contributed by atoms with Crippen LogP contribution in [-0.4, -0.2) is 19.3 Å². The monoisotopic (exact) mass is 261 g/mol. The maximum atomic E-state index is 6.28. The topological polar surface area (TPSA) is 61.7 Å². The Kier molecular flexibility index (Phi) is 3.64. The van der Waals surface area contributed by atoms with E-state index in [0.29, 0.717) is 5.92 Å². The van der Waals surface area contributed by atoms with E-state index in [-0.39, 0.29) is 0 Å². The Morgan fingerprint density at radius 1 is 1.37 bits per heavy atom. The second-order valence-electron chi connectivity index (χ2n) is 5.41. The van der Waals surface area contributed by atoms with Gasteiger partial charge in [-0.05, 0) is 19.3 Å². The van der Waals surface area contributed by atoms with Gasteiger partial charge in [-0.3, -0.25) is 4.68 Å². The lowest BCUT2D eigenvalue weighted by Gasteiger charge is -2.10. The number of imidazole rings is 1. The number of rotatable bonds is 4. The number of hydrogen-bond acceptors (Lipinski definition) is 3. The summed E-state index contributed by atoms with van der Waals surface area (Å²) in [6, 6.07) is 0. The first kappa shape index (κ1) is 13.6. The Bertz CT molecular complexity index is 577. The smallest absolute Gasteiger partial charge is 0.131 e. The van der Waals surface area contributed by atoms with Crippen molar-refractivity contribution in [2.75, 3.05) is 5.73 Å². The van der Waals surface area contributed by atoms with Gasteiger partial charge in [0, 0.05) is 25.4 Å². The van der Waals surface area contributed by atoms with Gasteiger partial charge in [0.15, 0.2) is 0 Å². The largest absolute Gasteiger partial charge is 0.383 e. The Morgan fingerprint density at radius 2 is 2.05 bits per heavy atom. The van der Waals surface area contributed by atoms with Crippen LogP contribution in [-0.2, 0) is 20.0 Å². The molecule has 0 amide bonds. The predicted octanol–water partition coefficient (Wildman–Crippen LogP) is 2.39. The molecule has 0 bridgehead atoms. The summed E-state index contributed by atoms with van der Waals surface area (Å²) in [4.78, 5) is 4.64. The van der Waals surface area contributed by atoms with Crippen molar-refractivity contribution in [3.63, 3.8) is 0 Å². The van der Waals surface area contributed by atoms with Crippen LogP contribution >= 0.6 is 0 Å². The highest BCUT2D eigenvalue weighted by molar-refractivity contribution is 5.72. The van der Waals surface area contributed by atoms with Gasteiger partial charge in [-0.15, -0.1) is 0 Å². The summed E-state index contributed by atoms with van der Waals surface area (Å²) in [5, 5.41) is 4.46. The fourth-order valence-electron chi connectivity index (χ4n) is 2.37. The summed E-state index contributed by atoms with van der Waals surface area (Å²) >= 11 is 0. The molecule has 19 heavy (non-hydrogen) atoms. The van der Waals surface area contributed by atoms with Crippen LogP contribution in [0, 0.1) is 12.8 Å². The zero-order valence-electron chi connectivity index (χ0n) is 12.4. The zero-order valence-corrected chi connectivity index (χ0v) is 12.4. The van der Waals surface area contributed by atoms with E-state index in [1.165, 1.54) is 0 Å². The summed E-state index contributed by atoms with van der Waals surface area (Å²) in [7, 11) is 1.93. The van der Waals surface area contributed by atoms with Crippen molar-refractivity contribution in [1.82, 2.24) is 19.3 Å². The SMILES string of the molecule is CCc1nn(C)cc1-c1nc(C)n(CC(C)C)c1N. The van der Waals surface area contributed by atoms with Gasteiger partial charge in [-0.25, -0.2) is 4.98 Å². The van der Waals surface area contributed by atoms with Gasteiger partial charge in [-0.2, -0.15) is 5.10 Å². The van der Waals surface area contributed by atoms with Crippen LogP contribution in [0.15, 0.2) is 6.20 Å². The molecule has 5 nitrogen and oxygen atoms in total.